The van der Waals surface area contributed by atoms with Gasteiger partial charge < -0.3 is 10.1 Å². The molecule has 2 aromatic carbocycles. The average Bonchev–Trinajstić information content (AvgIpc) is 3.08. The topological polar surface area (TPSA) is 79.8 Å². The molecule has 0 aliphatic rings. The molecule has 0 aliphatic heterocycles. The van der Waals surface area contributed by atoms with E-state index in [1.54, 1.807) is 12.1 Å². The molecule has 0 aliphatic carbocycles. The highest BCUT2D eigenvalue weighted by Gasteiger charge is 2.17. The zero-order valence-electron chi connectivity index (χ0n) is 15.4. The summed E-state index contributed by atoms with van der Waals surface area (Å²) in [7, 11) is 0. The lowest BCUT2D eigenvalue weighted by atomic mass is 10.2. The quantitative estimate of drug-likeness (QED) is 0.324. The molecule has 29 heavy (non-hydrogen) atoms. The smallest absolute Gasteiger partial charge is 0.263 e. The highest BCUT2D eigenvalue weighted by atomic mass is 35.5. The van der Waals surface area contributed by atoms with E-state index in [4.69, 9.17) is 16.3 Å². The molecule has 1 heterocycles. The van der Waals surface area contributed by atoms with Crippen LogP contribution in [0.4, 0.5) is 0 Å². The molecular formula is C21H18ClN3O3S. The van der Waals surface area contributed by atoms with E-state index in [0.717, 1.165) is 15.6 Å². The summed E-state index contributed by atoms with van der Waals surface area (Å²) >= 11 is 7.56. The van der Waals surface area contributed by atoms with Crippen molar-refractivity contribution < 1.29 is 14.3 Å². The van der Waals surface area contributed by atoms with Crippen molar-refractivity contribution in [2.45, 2.75) is 0 Å². The van der Waals surface area contributed by atoms with Gasteiger partial charge in [-0.3, -0.25) is 9.59 Å². The Kier molecular flexibility index (Phi) is 6.99. The van der Waals surface area contributed by atoms with Crippen LogP contribution >= 0.6 is 22.9 Å². The number of hydrogen-bond donors (Lipinski definition) is 2. The fraction of sp³-hybridized carbons (Fsp3) is 0.0952. The van der Waals surface area contributed by atoms with Crippen LogP contribution in [0.2, 0.25) is 5.02 Å². The van der Waals surface area contributed by atoms with Crippen LogP contribution in [0.1, 0.15) is 15.2 Å². The average molecular weight is 428 g/mol. The molecule has 0 spiro atoms. The molecule has 0 bridgehead atoms. The van der Waals surface area contributed by atoms with Gasteiger partial charge in [-0.1, -0.05) is 54.6 Å². The van der Waals surface area contributed by atoms with Gasteiger partial charge in [0.1, 0.15) is 17.2 Å². The largest absolute Gasteiger partial charge is 0.490 e. The van der Waals surface area contributed by atoms with Crippen LogP contribution in [0, 0.1) is 0 Å². The Labute approximate surface area is 176 Å². The Morgan fingerprint density at radius 1 is 1.21 bits per heavy atom. The minimum atomic E-state index is -0.453. The van der Waals surface area contributed by atoms with Crippen molar-refractivity contribution in [3.05, 3.63) is 76.6 Å². The van der Waals surface area contributed by atoms with Crippen LogP contribution in [0.3, 0.4) is 0 Å². The summed E-state index contributed by atoms with van der Waals surface area (Å²) in [5.41, 5.74) is 3.13. The van der Waals surface area contributed by atoms with Crippen molar-refractivity contribution in [3.8, 4) is 5.75 Å². The van der Waals surface area contributed by atoms with Crippen molar-refractivity contribution >= 4 is 51.1 Å². The molecule has 148 valence electrons. The number of nitrogens with zero attached hydrogens (tertiary/aromatic N) is 1. The predicted octanol–water partition coefficient (Wildman–Crippen LogP) is 4.00. The number of fused-ring (bicyclic) bond motifs is 1. The minimum absolute atomic E-state index is 0.219. The molecule has 1 aromatic heterocycles. The molecule has 0 saturated heterocycles. The second-order valence-corrected chi connectivity index (χ2v) is 7.32. The number of hydrazone groups is 1. The first-order valence-corrected chi connectivity index (χ1v) is 9.89. The highest BCUT2D eigenvalue weighted by molar-refractivity contribution is 7.21. The van der Waals surface area contributed by atoms with E-state index in [-0.39, 0.29) is 6.54 Å². The molecule has 0 fully saturated rings. The van der Waals surface area contributed by atoms with Crippen LogP contribution in [0.5, 0.6) is 5.75 Å². The molecule has 0 radical (unpaired) electrons. The van der Waals surface area contributed by atoms with Crippen LogP contribution in [-0.4, -0.2) is 31.2 Å². The fourth-order valence-electron chi connectivity index (χ4n) is 2.46. The van der Waals surface area contributed by atoms with Gasteiger partial charge in [-0.15, -0.1) is 11.3 Å². The third-order valence-electron chi connectivity index (χ3n) is 3.78. The van der Waals surface area contributed by atoms with Gasteiger partial charge in [0.05, 0.1) is 17.8 Å². The number of carbonyl (C=O) groups is 2. The number of amides is 2. The summed E-state index contributed by atoms with van der Waals surface area (Å²) in [6, 6.07) is 14.7. The molecule has 3 aromatic rings. The lowest BCUT2D eigenvalue weighted by molar-refractivity contribution is -0.120. The zero-order valence-corrected chi connectivity index (χ0v) is 16.9. The van der Waals surface area contributed by atoms with Crippen LogP contribution in [0.15, 0.2) is 66.3 Å². The molecule has 2 N–H and O–H groups in total. The lowest BCUT2D eigenvalue weighted by Crippen LogP contribution is -2.34. The third kappa shape index (κ3) is 5.43. The molecule has 0 saturated carbocycles. The number of carbonyl (C=O) groups excluding carboxylic acids is 2. The van der Waals surface area contributed by atoms with E-state index in [0.29, 0.717) is 22.3 Å². The number of hydrogen-bond acceptors (Lipinski definition) is 5. The third-order valence-corrected chi connectivity index (χ3v) is 5.45. The van der Waals surface area contributed by atoms with Crippen LogP contribution in [-0.2, 0) is 4.79 Å². The first-order valence-electron chi connectivity index (χ1n) is 8.69. The van der Waals surface area contributed by atoms with Gasteiger partial charge in [-0.25, -0.2) is 5.43 Å². The Balaban J connectivity index is 1.52. The van der Waals surface area contributed by atoms with E-state index in [1.165, 1.54) is 17.6 Å². The number of thiophene rings is 1. The summed E-state index contributed by atoms with van der Waals surface area (Å²) in [5, 5.41) is 7.65. The van der Waals surface area contributed by atoms with Crippen LogP contribution in [0.25, 0.3) is 10.1 Å². The van der Waals surface area contributed by atoms with Crippen molar-refractivity contribution in [2.75, 3.05) is 13.2 Å². The van der Waals surface area contributed by atoms with E-state index >= 15 is 0 Å². The number of rotatable bonds is 8. The fourth-order valence-corrected chi connectivity index (χ4v) is 3.89. The molecule has 8 heteroatoms. The van der Waals surface area contributed by atoms with Crippen molar-refractivity contribution in [3.63, 3.8) is 0 Å². The predicted molar refractivity (Wildman–Crippen MR) is 117 cm³/mol. The molecule has 0 atom stereocenters. The van der Waals surface area contributed by atoms with Crippen molar-refractivity contribution in [1.82, 2.24) is 10.7 Å². The number of benzene rings is 2. The second-order valence-electron chi connectivity index (χ2n) is 5.89. The SMILES string of the molecule is C=CCOc1cccc(/C=N\NC(=O)CNC(=O)c2sc3ccccc3c2Cl)c1. The summed E-state index contributed by atoms with van der Waals surface area (Å²) in [5.74, 6) is -0.180. The maximum Gasteiger partial charge on any atom is 0.263 e. The summed E-state index contributed by atoms with van der Waals surface area (Å²) in [6.45, 7) is 3.78. The number of ether oxygens (including phenoxy) is 1. The van der Waals surface area contributed by atoms with Gasteiger partial charge in [0.2, 0.25) is 0 Å². The maximum atomic E-state index is 12.3. The number of nitrogens with one attached hydrogen (secondary N) is 2. The Morgan fingerprint density at radius 3 is 2.83 bits per heavy atom. The van der Waals surface area contributed by atoms with Gasteiger partial charge in [0, 0.05) is 10.1 Å². The van der Waals surface area contributed by atoms with Gasteiger partial charge >= 0.3 is 0 Å². The molecule has 3 rings (SSSR count). The summed E-state index contributed by atoms with van der Waals surface area (Å²) in [6.07, 6.45) is 3.14. The normalized spacial score (nSPS) is 10.8. The molecule has 6 nitrogen and oxygen atoms in total. The lowest BCUT2D eigenvalue weighted by Gasteiger charge is -2.04. The number of halogens is 1. The highest BCUT2D eigenvalue weighted by Crippen LogP contribution is 2.34. The zero-order chi connectivity index (χ0) is 20.6. The minimum Gasteiger partial charge on any atom is -0.490 e. The van der Waals surface area contributed by atoms with Gasteiger partial charge in [-0.2, -0.15) is 5.10 Å². The van der Waals surface area contributed by atoms with E-state index < -0.39 is 11.8 Å². The van der Waals surface area contributed by atoms with Crippen molar-refractivity contribution in [1.29, 1.82) is 0 Å². The van der Waals surface area contributed by atoms with Gasteiger partial charge in [0.25, 0.3) is 11.8 Å². The van der Waals surface area contributed by atoms with Gasteiger partial charge in [-0.05, 0) is 23.8 Å². The Bertz CT molecular complexity index is 1080. The van der Waals surface area contributed by atoms with Crippen LogP contribution < -0.4 is 15.5 Å². The first kappa shape index (κ1) is 20.6. The molecule has 0 unspecified atom stereocenters. The summed E-state index contributed by atoms with van der Waals surface area (Å²) in [4.78, 5) is 24.6. The standard InChI is InChI=1S/C21H18ClN3O3S/c1-2-10-28-15-7-5-6-14(11-15)12-24-25-18(26)13-23-21(27)20-19(22)16-8-3-4-9-17(16)29-20/h2-9,11-12H,1,10,13H2,(H,23,27)(H,25,26)/b24-12-. The molecule has 2 amide bonds. The van der Waals surface area contributed by atoms with Gasteiger partial charge in [0.15, 0.2) is 0 Å². The second kappa shape index (κ2) is 9.86. The monoisotopic (exact) mass is 427 g/mol. The Morgan fingerprint density at radius 2 is 2.03 bits per heavy atom. The van der Waals surface area contributed by atoms with E-state index in [9.17, 15) is 9.59 Å². The van der Waals surface area contributed by atoms with Crippen molar-refractivity contribution in [2.24, 2.45) is 5.10 Å². The van der Waals surface area contributed by atoms with E-state index in [1.807, 2.05) is 42.5 Å². The molecular weight excluding hydrogens is 410 g/mol. The summed E-state index contributed by atoms with van der Waals surface area (Å²) < 4.78 is 6.35. The first-order chi connectivity index (χ1) is 14.1. The van der Waals surface area contributed by atoms with E-state index in [2.05, 4.69) is 22.4 Å². The maximum absolute atomic E-state index is 12.3. The Hall–Kier alpha value is -3.16.